The second-order valence-corrected chi connectivity index (χ2v) is 10.8. The van der Waals surface area contributed by atoms with Crippen molar-refractivity contribution in [2.24, 2.45) is 22.7 Å². The number of hydrogen-bond donors (Lipinski definition) is 2. The molecule has 1 heterocycles. The van der Waals surface area contributed by atoms with Crippen LogP contribution in [0.3, 0.4) is 0 Å². The lowest BCUT2D eigenvalue weighted by Gasteiger charge is -2.65. The van der Waals surface area contributed by atoms with Crippen molar-refractivity contribution in [2.45, 2.75) is 97.1 Å². The Bertz CT molecular complexity index is 782. The lowest BCUT2D eigenvalue weighted by Crippen LogP contribution is -2.73. The molecule has 0 unspecified atom stereocenters. The van der Waals surface area contributed by atoms with Crippen LogP contribution in [-0.4, -0.2) is 64.6 Å². The van der Waals surface area contributed by atoms with E-state index in [4.69, 9.17) is 14.2 Å². The number of aliphatic hydroxyl groups is 2. The third-order valence-electron chi connectivity index (χ3n) is 8.77. The fourth-order valence-electron chi connectivity index (χ4n) is 7.14. The van der Waals surface area contributed by atoms with Gasteiger partial charge < -0.3 is 24.4 Å². The van der Waals surface area contributed by atoms with E-state index in [-0.39, 0.29) is 19.0 Å². The topological polar surface area (TPSA) is 119 Å². The number of fused-ring (bicyclic) bond motifs is 2. The molecule has 8 heteroatoms. The Hall–Kier alpha value is -1.51. The minimum Gasteiger partial charge on any atom is -0.462 e. The van der Waals surface area contributed by atoms with Gasteiger partial charge in [-0.15, -0.1) is 0 Å². The molecule has 2 N–H and O–H groups in total. The Morgan fingerprint density at radius 1 is 1.06 bits per heavy atom. The van der Waals surface area contributed by atoms with E-state index in [1.165, 1.54) is 13.8 Å². The van der Waals surface area contributed by atoms with Crippen molar-refractivity contribution in [1.82, 2.24) is 0 Å². The summed E-state index contributed by atoms with van der Waals surface area (Å²) in [6.45, 7) is 9.89. The second kappa shape index (κ2) is 8.37. The maximum Gasteiger partial charge on any atom is 0.303 e. The van der Waals surface area contributed by atoms with E-state index in [2.05, 4.69) is 6.92 Å². The SMILES string of the molecule is CC(=O)O[C@@H]1C(=O)[C@@H](C)[C@]2(CC[C@@](C)(CCO)O2)[C@@]2(C)CC[C@@H](OC(C)=O)[C@](C)(CO)[C@H]12. The summed E-state index contributed by atoms with van der Waals surface area (Å²) in [5.74, 6) is -2.41. The Kier molecular flexibility index (Phi) is 6.57. The van der Waals surface area contributed by atoms with Gasteiger partial charge in [0.25, 0.3) is 0 Å². The molecule has 0 aromatic rings. The van der Waals surface area contributed by atoms with Gasteiger partial charge in [-0.05, 0) is 39.0 Å². The highest BCUT2D eigenvalue weighted by Gasteiger charge is 2.74. The first-order valence-corrected chi connectivity index (χ1v) is 11.6. The molecule has 1 aliphatic heterocycles. The third kappa shape index (κ3) is 3.59. The van der Waals surface area contributed by atoms with Crippen molar-refractivity contribution in [3.8, 4) is 0 Å². The first kappa shape index (κ1) is 25.1. The van der Waals surface area contributed by atoms with Crippen molar-refractivity contribution >= 4 is 17.7 Å². The number of carbonyl (C=O) groups excluding carboxylic acids is 3. The van der Waals surface area contributed by atoms with Crippen LogP contribution in [0, 0.1) is 22.7 Å². The average molecular weight is 455 g/mol. The summed E-state index contributed by atoms with van der Waals surface area (Å²) in [5, 5.41) is 20.2. The van der Waals surface area contributed by atoms with Crippen molar-refractivity contribution in [2.75, 3.05) is 13.2 Å². The number of ether oxygens (including phenoxy) is 3. The predicted molar refractivity (Wildman–Crippen MR) is 114 cm³/mol. The second-order valence-electron chi connectivity index (χ2n) is 10.8. The van der Waals surface area contributed by atoms with Crippen molar-refractivity contribution < 1.29 is 38.8 Å². The van der Waals surface area contributed by atoms with Crippen LogP contribution in [0.1, 0.15) is 73.6 Å². The minimum atomic E-state index is -1.07. The number of Topliss-reactive ketones (excluding diaryl/α,β-unsaturated/α-hetero) is 1. The number of esters is 2. The van der Waals surface area contributed by atoms with Gasteiger partial charge in [0.15, 0.2) is 11.9 Å². The zero-order valence-corrected chi connectivity index (χ0v) is 20.1. The van der Waals surface area contributed by atoms with Crippen LogP contribution in [-0.2, 0) is 28.6 Å². The molecule has 8 nitrogen and oxygen atoms in total. The molecule has 0 aromatic carbocycles. The van der Waals surface area contributed by atoms with Gasteiger partial charge in [0.05, 0.1) is 17.8 Å². The number of aliphatic hydroxyl groups excluding tert-OH is 2. The molecule has 3 fully saturated rings. The largest absolute Gasteiger partial charge is 0.462 e. The fraction of sp³-hybridized carbons (Fsp3) is 0.875. The van der Waals surface area contributed by atoms with Crippen LogP contribution >= 0.6 is 0 Å². The zero-order valence-electron chi connectivity index (χ0n) is 20.1. The summed E-state index contributed by atoms with van der Waals surface area (Å²) in [6.07, 6.45) is 1.16. The fourth-order valence-corrected chi connectivity index (χ4v) is 7.14. The molecule has 0 amide bonds. The van der Waals surface area contributed by atoms with Crippen molar-refractivity contribution in [3.63, 3.8) is 0 Å². The monoisotopic (exact) mass is 454 g/mol. The molecule has 0 bridgehead atoms. The first-order valence-electron chi connectivity index (χ1n) is 11.6. The summed E-state index contributed by atoms with van der Waals surface area (Å²) >= 11 is 0. The molecule has 0 radical (unpaired) electrons. The highest BCUT2D eigenvalue weighted by Crippen LogP contribution is 2.67. The number of hydrogen-bond acceptors (Lipinski definition) is 8. The molecule has 1 saturated heterocycles. The maximum atomic E-state index is 13.7. The van der Waals surface area contributed by atoms with Crippen LogP contribution in [0.2, 0.25) is 0 Å². The Morgan fingerprint density at radius 2 is 1.69 bits per heavy atom. The van der Waals surface area contributed by atoms with Gasteiger partial charge in [-0.25, -0.2) is 0 Å². The molecule has 32 heavy (non-hydrogen) atoms. The van der Waals surface area contributed by atoms with Crippen LogP contribution in [0.15, 0.2) is 0 Å². The minimum absolute atomic E-state index is 0.0198. The lowest BCUT2D eigenvalue weighted by molar-refractivity contribution is -0.279. The first-order chi connectivity index (χ1) is 14.8. The summed E-state index contributed by atoms with van der Waals surface area (Å²) in [5.41, 5.74) is -3.07. The van der Waals surface area contributed by atoms with Crippen LogP contribution in [0.25, 0.3) is 0 Å². The summed E-state index contributed by atoms with van der Waals surface area (Å²) < 4.78 is 18.0. The number of ketones is 1. The molecule has 182 valence electrons. The van der Waals surface area contributed by atoms with Crippen molar-refractivity contribution in [1.29, 1.82) is 0 Å². The standard InChI is InChI=1S/C24H38O8/c1-14-18(29)19(31-16(3)28)20-22(5,13-26)17(30-15(2)27)7-8-23(20,6)24(14)10-9-21(4,32-24)11-12-25/h14,17,19-20,25-26H,7-13H2,1-6H3/t14-,17-,19-,20+,21+,22+,23+,24-/m1/s1. The molecule has 3 aliphatic rings. The zero-order chi connectivity index (χ0) is 24.1. The van der Waals surface area contributed by atoms with E-state index in [1.807, 2.05) is 13.8 Å². The third-order valence-corrected chi connectivity index (χ3v) is 8.77. The molecule has 0 aromatic heterocycles. The van der Waals surface area contributed by atoms with E-state index >= 15 is 0 Å². The van der Waals surface area contributed by atoms with Gasteiger partial charge >= 0.3 is 11.9 Å². The van der Waals surface area contributed by atoms with Crippen LogP contribution in [0.4, 0.5) is 0 Å². The van der Waals surface area contributed by atoms with E-state index in [1.54, 1.807) is 6.92 Å². The average Bonchev–Trinajstić information content (AvgIpc) is 3.06. The van der Waals surface area contributed by atoms with Crippen LogP contribution in [0.5, 0.6) is 0 Å². The Labute approximate surface area is 190 Å². The van der Waals surface area contributed by atoms with E-state index < -0.39 is 58.0 Å². The summed E-state index contributed by atoms with van der Waals surface area (Å²) in [6, 6.07) is 0. The highest BCUT2D eigenvalue weighted by molar-refractivity contribution is 5.90. The molecule has 1 spiro atoms. The molecule has 2 saturated carbocycles. The van der Waals surface area contributed by atoms with E-state index in [0.717, 1.165) is 0 Å². The smallest absolute Gasteiger partial charge is 0.303 e. The van der Waals surface area contributed by atoms with E-state index in [9.17, 15) is 24.6 Å². The van der Waals surface area contributed by atoms with Gasteiger partial charge in [-0.3, -0.25) is 14.4 Å². The van der Waals surface area contributed by atoms with Gasteiger partial charge in [0, 0.05) is 43.1 Å². The molecule has 3 rings (SSSR count). The van der Waals surface area contributed by atoms with Gasteiger partial charge in [-0.2, -0.15) is 0 Å². The van der Waals surface area contributed by atoms with Crippen molar-refractivity contribution in [3.05, 3.63) is 0 Å². The Balaban J connectivity index is 2.18. The van der Waals surface area contributed by atoms with Gasteiger partial charge in [0.1, 0.15) is 6.10 Å². The summed E-state index contributed by atoms with van der Waals surface area (Å²) in [4.78, 5) is 37.6. The van der Waals surface area contributed by atoms with E-state index in [0.29, 0.717) is 32.1 Å². The molecule has 2 aliphatic carbocycles. The van der Waals surface area contributed by atoms with Crippen LogP contribution < -0.4 is 0 Å². The highest BCUT2D eigenvalue weighted by atomic mass is 16.6. The summed E-state index contributed by atoms with van der Waals surface area (Å²) in [7, 11) is 0. The van der Waals surface area contributed by atoms with Gasteiger partial charge in [-0.1, -0.05) is 20.8 Å². The maximum absolute atomic E-state index is 13.7. The predicted octanol–water partition coefficient (Wildman–Crippen LogP) is 2.17. The quantitative estimate of drug-likeness (QED) is 0.607. The Morgan fingerprint density at radius 3 is 2.22 bits per heavy atom. The van der Waals surface area contributed by atoms with Gasteiger partial charge in [0.2, 0.25) is 0 Å². The lowest BCUT2D eigenvalue weighted by atomic mass is 9.42. The molecule has 8 atom stereocenters. The number of rotatable bonds is 5. The molecular formula is C24H38O8. The molecular weight excluding hydrogens is 416 g/mol. The normalized spacial score (nSPS) is 46.1. The number of carbonyl (C=O) groups is 3.